The van der Waals surface area contributed by atoms with Gasteiger partial charge in [0.25, 0.3) is 0 Å². The van der Waals surface area contributed by atoms with Gasteiger partial charge in [0, 0.05) is 25.6 Å². The first-order valence-corrected chi connectivity index (χ1v) is 6.91. The Bertz CT molecular complexity index is 378. The van der Waals surface area contributed by atoms with Crippen LogP contribution in [0.5, 0.6) is 0 Å². The zero-order valence-corrected chi connectivity index (χ0v) is 12.1. The van der Waals surface area contributed by atoms with Crippen LogP contribution in [0.3, 0.4) is 0 Å². The van der Waals surface area contributed by atoms with Gasteiger partial charge in [0.15, 0.2) is 0 Å². The highest BCUT2D eigenvalue weighted by Gasteiger charge is 2.69. The van der Waals surface area contributed by atoms with E-state index in [1.807, 2.05) is 39.6 Å². The number of carbonyl (C=O) groups excluding carboxylic acids is 2. The molecule has 0 aromatic heterocycles. The molecule has 2 aliphatic rings. The van der Waals surface area contributed by atoms with Crippen molar-refractivity contribution in [3.63, 3.8) is 0 Å². The van der Waals surface area contributed by atoms with E-state index in [0.29, 0.717) is 5.92 Å². The summed E-state index contributed by atoms with van der Waals surface area (Å²) in [7, 11) is 1.84. The minimum absolute atomic E-state index is 0.0293. The number of amides is 2. The van der Waals surface area contributed by atoms with Gasteiger partial charge in [-0.3, -0.25) is 9.59 Å². The number of rotatable bonds is 3. The van der Waals surface area contributed by atoms with Crippen LogP contribution in [0.15, 0.2) is 0 Å². The fourth-order valence-electron chi connectivity index (χ4n) is 3.01. The van der Waals surface area contributed by atoms with E-state index in [1.165, 1.54) is 0 Å². The highest BCUT2D eigenvalue weighted by atomic mass is 16.2. The molecule has 2 unspecified atom stereocenters. The van der Waals surface area contributed by atoms with Gasteiger partial charge in [-0.25, -0.2) is 0 Å². The monoisotopic (exact) mass is 252 g/mol. The van der Waals surface area contributed by atoms with Crippen LogP contribution < -0.4 is 0 Å². The Morgan fingerprint density at radius 2 is 1.89 bits per heavy atom. The highest BCUT2D eigenvalue weighted by molar-refractivity contribution is 5.96. The number of likely N-dealkylation sites (N-methyl/N-ethyl adjacent to an activating group) is 1. The molecule has 2 fully saturated rings. The number of carbonyl (C=O) groups is 2. The van der Waals surface area contributed by atoms with E-state index in [0.717, 1.165) is 19.4 Å². The highest BCUT2D eigenvalue weighted by Crippen LogP contribution is 2.56. The second kappa shape index (κ2) is 4.25. The lowest BCUT2D eigenvalue weighted by molar-refractivity contribution is -0.148. The van der Waals surface area contributed by atoms with Crippen LogP contribution in [-0.4, -0.2) is 46.8 Å². The van der Waals surface area contributed by atoms with Gasteiger partial charge in [-0.2, -0.15) is 0 Å². The summed E-state index contributed by atoms with van der Waals surface area (Å²) < 4.78 is 0. The quantitative estimate of drug-likeness (QED) is 0.763. The first kappa shape index (κ1) is 13.4. The van der Waals surface area contributed by atoms with Crippen molar-refractivity contribution in [2.75, 3.05) is 13.6 Å². The lowest BCUT2D eigenvalue weighted by Gasteiger charge is -2.33. The molecular weight excluding hydrogens is 228 g/mol. The first-order valence-electron chi connectivity index (χ1n) is 6.91. The van der Waals surface area contributed by atoms with E-state index in [-0.39, 0.29) is 23.8 Å². The molecule has 0 spiro atoms. The van der Waals surface area contributed by atoms with Crippen LogP contribution in [0.25, 0.3) is 0 Å². The Hall–Kier alpha value is -1.06. The third-order valence-electron chi connectivity index (χ3n) is 4.48. The van der Waals surface area contributed by atoms with Gasteiger partial charge in [-0.1, -0.05) is 13.8 Å². The Morgan fingerprint density at radius 3 is 2.33 bits per heavy atom. The largest absolute Gasteiger partial charge is 0.341 e. The van der Waals surface area contributed by atoms with Crippen molar-refractivity contribution in [2.24, 2.45) is 11.8 Å². The summed E-state index contributed by atoms with van der Waals surface area (Å²) in [6, 6.07) is 0.185. The third-order valence-corrected chi connectivity index (χ3v) is 4.48. The maximum Gasteiger partial charge on any atom is 0.248 e. The van der Waals surface area contributed by atoms with E-state index in [1.54, 1.807) is 4.90 Å². The lowest BCUT2D eigenvalue weighted by Crippen LogP contribution is -2.53. The summed E-state index contributed by atoms with van der Waals surface area (Å²) in [6.07, 6.45) is 1.84. The lowest BCUT2D eigenvalue weighted by atomic mass is 10.1. The number of nitrogens with zero attached hydrogens (tertiary/aromatic N) is 2. The van der Waals surface area contributed by atoms with Gasteiger partial charge < -0.3 is 9.80 Å². The number of hydrogen-bond acceptors (Lipinski definition) is 2. The average molecular weight is 252 g/mol. The van der Waals surface area contributed by atoms with Gasteiger partial charge >= 0.3 is 0 Å². The number of likely N-dealkylation sites (tertiary alicyclic amines) is 1. The predicted molar refractivity (Wildman–Crippen MR) is 69.9 cm³/mol. The minimum atomic E-state index is -0.486. The normalized spacial score (nSPS) is 29.7. The third kappa shape index (κ3) is 1.73. The van der Waals surface area contributed by atoms with Gasteiger partial charge in [-0.05, 0) is 32.6 Å². The minimum Gasteiger partial charge on any atom is -0.341 e. The summed E-state index contributed by atoms with van der Waals surface area (Å²) in [5, 5.41) is 0. The molecule has 1 heterocycles. The molecule has 0 radical (unpaired) electrons. The molecule has 4 nitrogen and oxygen atoms in total. The number of fused-ring (bicyclic) bond motifs is 1. The Morgan fingerprint density at radius 1 is 1.28 bits per heavy atom. The van der Waals surface area contributed by atoms with Crippen molar-refractivity contribution in [3.05, 3.63) is 0 Å². The molecule has 0 aromatic carbocycles. The number of piperidine rings is 1. The van der Waals surface area contributed by atoms with E-state index < -0.39 is 5.54 Å². The van der Waals surface area contributed by atoms with Crippen molar-refractivity contribution in [2.45, 2.75) is 52.1 Å². The molecule has 2 amide bonds. The topological polar surface area (TPSA) is 40.6 Å². The van der Waals surface area contributed by atoms with Crippen LogP contribution in [0.1, 0.15) is 40.5 Å². The van der Waals surface area contributed by atoms with Crippen molar-refractivity contribution in [3.8, 4) is 0 Å². The van der Waals surface area contributed by atoms with Crippen molar-refractivity contribution in [1.82, 2.24) is 9.80 Å². The van der Waals surface area contributed by atoms with Crippen LogP contribution in [0.4, 0.5) is 0 Å². The first-order chi connectivity index (χ1) is 8.32. The molecule has 1 saturated carbocycles. The summed E-state index contributed by atoms with van der Waals surface area (Å²) in [4.78, 5) is 28.5. The standard InChI is InChI=1S/C14H24N2O2/c1-9(2)12(17)16-7-6-11-8-14(11,16)13(18)15(5)10(3)4/h9-11H,6-8H2,1-5H3. The second-order valence-corrected chi connectivity index (χ2v) is 6.27. The summed E-state index contributed by atoms with van der Waals surface area (Å²) in [5.74, 6) is 0.627. The Labute approximate surface area is 109 Å². The van der Waals surface area contributed by atoms with Gasteiger partial charge in [0.1, 0.15) is 5.54 Å². The van der Waals surface area contributed by atoms with Crippen LogP contribution in [-0.2, 0) is 9.59 Å². The molecule has 0 bridgehead atoms. The molecule has 0 aromatic rings. The molecule has 2 rings (SSSR count). The van der Waals surface area contributed by atoms with E-state index in [9.17, 15) is 9.59 Å². The van der Waals surface area contributed by atoms with Crippen molar-refractivity contribution < 1.29 is 9.59 Å². The van der Waals surface area contributed by atoms with Crippen molar-refractivity contribution >= 4 is 11.8 Å². The van der Waals surface area contributed by atoms with Crippen LogP contribution in [0, 0.1) is 11.8 Å². The zero-order valence-electron chi connectivity index (χ0n) is 12.1. The van der Waals surface area contributed by atoms with Crippen molar-refractivity contribution in [1.29, 1.82) is 0 Å². The average Bonchev–Trinajstić information content (AvgIpc) is 2.93. The summed E-state index contributed by atoms with van der Waals surface area (Å²) >= 11 is 0. The fourth-order valence-corrected chi connectivity index (χ4v) is 3.01. The summed E-state index contributed by atoms with van der Waals surface area (Å²) in [6.45, 7) is 8.58. The van der Waals surface area contributed by atoms with Gasteiger partial charge in [0.05, 0.1) is 0 Å². The molecule has 4 heteroatoms. The van der Waals surface area contributed by atoms with E-state index in [2.05, 4.69) is 0 Å². The molecule has 1 aliphatic carbocycles. The summed E-state index contributed by atoms with van der Waals surface area (Å²) in [5.41, 5.74) is -0.486. The van der Waals surface area contributed by atoms with Crippen LogP contribution in [0.2, 0.25) is 0 Å². The van der Waals surface area contributed by atoms with Gasteiger partial charge in [-0.15, -0.1) is 0 Å². The molecule has 1 aliphatic heterocycles. The molecule has 18 heavy (non-hydrogen) atoms. The number of hydrogen-bond donors (Lipinski definition) is 0. The molecule has 0 N–H and O–H groups in total. The Balaban J connectivity index is 2.21. The second-order valence-electron chi connectivity index (χ2n) is 6.27. The van der Waals surface area contributed by atoms with E-state index in [4.69, 9.17) is 0 Å². The maximum atomic E-state index is 12.6. The molecule has 102 valence electrons. The molecule has 2 atom stereocenters. The molecular formula is C14H24N2O2. The SMILES string of the molecule is CC(C)C(=O)N1CCC2CC21C(=O)N(C)C(C)C. The Kier molecular flexibility index (Phi) is 3.16. The van der Waals surface area contributed by atoms with E-state index >= 15 is 0 Å². The van der Waals surface area contributed by atoms with Crippen LogP contribution >= 0.6 is 0 Å². The fraction of sp³-hybridized carbons (Fsp3) is 0.857. The van der Waals surface area contributed by atoms with Gasteiger partial charge in [0.2, 0.25) is 11.8 Å². The predicted octanol–water partition coefficient (Wildman–Crippen LogP) is 1.50. The molecule has 1 saturated heterocycles. The zero-order chi connectivity index (χ0) is 13.7. The maximum absolute atomic E-state index is 12.6. The smallest absolute Gasteiger partial charge is 0.248 e.